The van der Waals surface area contributed by atoms with Crippen LogP contribution in [0.5, 0.6) is 0 Å². The molecular formula is C13H22N2O3. The van der Waals surface area contributed by atoms with Crippen LogP contribution in [0.1, 0.15) is 45.4 Å². The lowest BCUT2D eigenvalue weighted by Crippen LogP contribution is -2.50. The fourth-order valence-electron chi connectivity index (χ4n) is 2.60. The first-order valence-electron chi connectivity index (χ1n) is 6.90. The van der Waals surface area contributed by atoms with Gasteiger partial charge in [0.25, 0.3) is 0 Å². The van der Waals surface area contributed by atoms with Crippen LogP contribution < -0.4 is 10.6 Å². The zero-order valence-electron chi connectivity index (χ0n) is 10.9. The van der Waals surface area contributed by atoms with Crippen LogP contribution in [-0.2, 0) is 14.3 Å². The van der Waals surface area contributed by atoms with Crippen molar-refractivity contribution >= 4 is 11.9 Å². The summed E-state index contributed by atoms with van der Waals surface area (Å²) in [6.07, 6.45) is 6.46. The minimum atomic E-state index is -0.345. The van der Waals surface area contributed by atoms with Crippen molar-refractivity contribution in [2.75, 3.05) is 6.61 Å². The Balaban J connectivity index is 1.75. The summed E-state index contributed by atoms with van der Waals surface area (Å²) in [5.41, 5.74) is 0. The van der Waals surface area contributed by atoms with Crippen molar-refractivity contribution in [3.63, 3.8) is 0 Å². The lowest BCUT2D eigenvalue weighted by Gasteiger charge is -2.25. The topological polar surface area (TPSA) is 67.4 Å². The van der Waals surface area contributed by atoms with Gasteiger partial charge in [-0.25, -0.2) is 0 Å². The summed E-state index contributed by atoms with van der Waals surface area (Å²) in [7, 11) is 0. The molecule has 2 aliphatic rings. The van der Waals surface area contributed by atoms with Gasteiger partial charge >= 0.3 is 5.97 Å². The van der Waals surface area contributed by atoms with E-state index in [9.17, 15) is 9.59 Å². The summed E-state index contributed by atoms with van der Waals surface area (Å²) in [5, 5.41) is 6.09. The molecule has 0 aromatic rings. The third kappa shape index (κ3) is 3.45. The molecule has 0 aromatic heterocycles. The van der Waals surface area contributed by atoms with E-state index in [1.165, 1.54) is 19.3 Å². The highest BCUT2D eigenvalue weighted by Gasteiger charge is 2.29. The zero-order valence-corrected chi connectivity index (χ0v) is 10.9. The minimum absolute atomic E-state index is 0.0124. The molecule has 1 saturated carbocycles. The first kappa shape index (κ1) is 13.3. The Bertz CT molecular complexity index is 313. The van der Waals surface area contributed by atoms with Crippen molar-refractivity contribution in [3.8, 4) is 0 Å². The maximum atomic E-state index is 12.0. The van der Waals surface area contributed by atoms with E-state index >= 15 is 0 Å². The van der Waals surface area contributed by atoms with Crippen LogP contribution in [0.15, 0.2) is 0 Å². The van der Waals surface area contributed by atoms with E-state index in [0.717, 1.165) is 12.8 Å². The Kier molecular flexibility index (Phi) is 4.58. The molecule has 102 valence electrons. The van der Waals surface area contributed by atoms with Crippen molar-refractivity contribution in [3.05, 3.63) is 0 Å². The molecule has 1 aliphatic heterocycles. The molecule has 5 nitrogen and oxygen atoms in total. The summed E-state index contributed by atoms with van der Waals surface area (Å²) in [6, 6.07) is -0.356. The standard InChI is InChI=1S/C13H22N2O3/c1-9(14-11-7-8-18-13(11)17)12(16)15-10-5-3-2-4-6-10/h9-11,14H,2-8H2,1H3,(H,15,16). The second kappa shape index (κ2) is 6.18. The van der Waals surface area contributed by atoms with E-state index in [4.69, 9.17) is 4.74 Å². The summed E-state index contributed by atoms with van der Waals surface area (Å²) in [4.78, 5) is 23.3. The summed E-state index contributed by atoms with van der Waals surface area (Å²) in [5.74, 6) is -0.256. The van der Waals surface area contributed by atoms with E-state index in [0.29, 0.717) is 19.1 Å². The molecule has 2 rings (SSSR count). The normalized spacial score (nSPS) is 26.7. The SMILES string of the molecule is CC(NC1CCOC1=O)C(=O)NC1CCCCC1. The molecule has 1 heterocycles. The van der Waals surface area contributed by atoms with Gasteiger partial charge < -0.3 is 10.1 Å². The van der Waals surface area contributed by atoms with Crippen molar-refractivity contribution in [1.82, 2.24) is 10.6 Å². The fourth-order valence-corrected chi connectivity index (χ4v) is 2.60. The Labute approximate surface area is 108 Å². The van der Waals surface area contributed by atoms with Crippen molar-refractivity contribution < 1.29 is 14.3 Å². The summed E-state index contributed by atoms with van der Waals surface area (Å²) in [6.45, 7) is 2.25. The van der Waals surface area contributed by atoms with Crippen LogP contribution in [0, 0.1) is 0 Å². The van der Waals surface area contributed by atoms with Crippen LogP contribution in [0.4, 0.5) is 0 Å². The van der Waals surface area contributed by atoms with Crippen LogP contribution in [0.3, 0.4) is 0 Å². The van der Waals surface area contributed by atoms with Crippen molar-refractivity contribution in [1.29, 1.82) is 0 Å². The van der Waals surface area contributed by atoms with Gasteiger partial charge in [-0.05, 0) is 19.8 Å². The quantitative estimate of drug-likeness (QED) is 0.726. The molecule has 1 amide bonds. The third-order valence-corrected chi connectivity index (χ3v) is 3.73. The Morgan fingerprint density at radius 3 is 2.61 bits per heavy atom. The average Bonchev–Trinajstić information content (AvgIpc) is 2.76. The van der Waals surface area contributed by atoms with Gasteiger partial charge in [0.15, 0.2) is 0 Å². The van der Waals surface area contributed by atoms with Gasteiger partial charge in [-0.2, -0.15) is 0 Å². The Hall–Kier alpha value is -1.10. The summed E-state index contributed by atoms with van der Waals surface area (Å²) >= 11 is 0. The molecule has 1 saturated heterocycles. The van der Waals surface area contributed by atoms with Crippen molar-refractivity contribution in [2.45, 2.75) is 63.6 Å². The van der Waals surface area contributed by atoms with E-state index in [1.807, 2.05) is 0 Å². The van der Waals surface area contributed by atoms with E-state index in [-0.39, 0.29) is 24.0 Å². The molecule has 0 spiro atoms. The molecule has 0 bridgehead atoms. The van der Waals surface area contributed by atoms with Crippen molar-refractivity contribution in [2.24, 2.45) is 0 Å². The van der Waals surface area contributed by atoms with E-state index in [2.05, 4.69) is 10.6 Å². The van der Waals surface area contributed by atoms with Gasteiger partial charge in [-0.15, -0.1) is 0 Å². The number of rotatable bonds is 4. The van der Waals surface area contributed by atoms with Gasteiger partial charge in [0, 0.05) is 12.5 Å². The number of amides is 1. The monoisotopic (exact) mass is 254 g/mol. The highest BCUT2D eigenvalue weighted by atomic mass is 16.5. The maximum absolute atomic E-state index is 12.0. The lowest BCUT2D eigenvalue weighted by atomic mass is 9.95. The molecular weight excluding hydrogens is 232 g/mol. The largest absolute Gasteiger partial charge is 0.464 e. The highest BCUT2D eigenvalue weighted by Crippen LogP contribution is 2.17. The second-order valence-corrected chi connectivity index (χ2v) is 5.24. The van der Waals surface area contributed by atoms with Gasteiger partial charge in [-0.3, -0.25) is 14.9 Å². The molecule has 0 aromatic carbocycles. The maximum Gasteiger partial charge on any atom is 0.323 e. The van der Waals surface area contributed by atoms with Gasteiger partial charge in [-0.1, -0.05) is 19.3 Å². The number of hydrogen-bond donors (Lipinski definition) is 2. The predicted molar refractivity (Wildman–Crippen MR) is 67.0 cm³/mol. The fraction of sp³-hybridized carbons (Fsp3) is 0.846. The molecule has 2 atom stereocenters. The van der Waals surface area contributed by atoms with Gasteiger partial charge in [0.2, 0.25) is 5.91 Å². The van der Waals surface area contributed by atoms with Crippen LogP contribution in [0.2, 0.25) is 0 Å². The number of esters is 1. The van der Waals surface area contributed by atoms with Gasteiger partial charge in [0.1, 0.15) is 6.04 Å². The highest BCUT2D eigenvalue weighted by molar-refractivity contribution is 5.83. The average molecular weight is 254 g/mol. The van der Waals surface area contributed by atoms with E-state index < -0.39 is 0 Å². The first-order valence-corrected chi connectivity index (χ1v) is 6.90. The number of nitrogens with one attached hydrogen (secondary N) is 2. The zero-order chi connectivity index (χ0) is 13.0. The van der Waals surface area contributed by atoms with Crippen LogP contribution >= 0.6 is 0 Å². The first-order chi connectivity index (χ1) is 8.66. The third-order valence-electron chi connectivity index (χ3n) is 3.73. The summed E-state index contributed by atoms with van der Waals surface area (Å²) < 4.78 is 4.86. The number of carbonyl (C=O) groups excluding carboxylic acids is 2. The second-order valence-electron chi connectivity index (χ2n) is 5.24. The molecule has 1 aliphatic carbocycles. The molecule has 0 radical (unpaired) electrons. The smallest absolute Gasteiger partial charge is 0.323 e. The van der Waals surface area contributed by atoms with Gasteiger partial charge in [0.05, 0.1) is 12.6 Å². The molecule has 5 heteroatoms. The number of ether oxygens (including phenoxy) is 1. The minimum Gasteiger partial charge on any atom is -0.464 e. The molecule has 2 unspecified atom stereocenters. The number of cyclic esters (lactones) is 1. The Morgan fingerprint density at radius 2 is 2.00 bits per heavy atom. The number of hydrogen-bond acceptors (Lipinski definition) is 4. The molecule has 2 fully saturated rings. The van der Waals surface area contributed by atoms with Crippen LogP contribution in [-0.4, -0.2) is 36.6 Å². The molecule has 2 N–H and O–H groups in total. The predicted octanol–water partition coefficient (Wildman–Crippen LogP) is 0.729. The van der Waals surface area contributed by atoms with Crippen LogP contribution in [0.25, 0.3) is 0 Å². The number of carbonyl (C=O) groups is 2. The Morgan fingerprint density at radius 1 is 1.28 bits per heavy atom. The lowest BCUT2D eigenvalue weighted by molar-refractivity contribution is -0.140. The van der Waals surface area contributed by atoms with E-state index in [1.54, 1.807) is 6.92 Å². The molecule has 18 heavy (non-hydrogen) atoms.